The highest BCUT2D eigenvalue weighted by Crippen LogP contribution is 2.38. The highest BCUT2D eigenvalue weighted by molar-refractivity contribution is 5.77. The summed E-state index contributed by atoms with van der Waals surface area (Å²) >= 11 is 0. The summed E-state index contributed by atoms with van der Waals surface area (Å²) in [7, 11) is 0. The van der Waals surface area contributed by atoms with Gasteiger partial charge in [0.05, 0.1) is 0 Å². The number of carboxylic acids is 1. The molecule has 0 spiro atoms. The molecule has 0 aromatic carbocycles. The molecule has 98 valence electrons. The summed E-state index contributed by atoms with van der Waals surface area (Å²) < 4.78 is 0. The van der Waals surface area contributed by atoms with Gasteiger partial charge >= 0.3 is 5.97 Å². The zero-order chi connectivity index (χ0) is 13.3. The fourth-order valence-corrected chi connectivity index (χ4v) is 1.86. The third kappa shape index (κ3) is 2.97. The van der Waals surface area contributed by atoms with E-state index in [0.717, 1.165) is 24.4 Å². The Bertz CT molecular complexity index is 456. The van der Waals surface area contributed by atoms with Gasteiger partial charge in [0, 0.05) is 17.7 Å². The summed E-state index contributed by atoms with van der Waals surface area (Å²) in [6.07, 6.45) is 2.27. The smallest absolute Gasteiger partial charge is 0.326 e. The van der Waals surface area contributed by atoms with Gasteiger partial charge in [-0.1, -0.05) is 13.8 Å². The monoisotopic (exact) mass is 249 g/mol. The summed E-state index contributed by atoms with van der Waals surface area (Å²) in [4.78, 5) is 20.0. The highest BCUT2D eigenvalue weighted by atomic mass is 16.4. The van der Waals surface area contributed by atoms with Crippen LogP contribution in [0.4, 0.5) is 5.82 Å². The standard InChI is InChI=1S/C13H19N3O2/c1-7(2)11(13(17)18)15-10-6-8(3)14-12(16-10)9-4-5-9/h6-7,9,11H,4-5H2,1-3H3,(H,17,18)(H,14,15,16)/t11-/m0/s1. The topological polar surface area (TPSA) is 75.1 Å². The van der Waals surface area contributed by atoms with Crippen LogP contribution < -0.4 is 5.32 Å². The number of hydrogen-bond acceptors (Lipinski definition) is 4. The van der Waals surface area contributed by atoms with Crippen molar-refractivity contribution in [1.82, 2.24) is 9.97 Å². The SMILES string of the molecule is Cc1cc(N[C@H](C(=O)O)C(C)C)nc(C2CC2)n1. The van der Waals surface area contributed by atoms with Crippen LogP contribution in [0.2, 0.25) is 0 Å². The third-order valence-corrected chi connectivity index (χ3v) is 3.05. The van der Waals surface area contributed by atoms with Crippen molar-refractivity contribution < 1.29 is 9.90 Å². The van der Waals surface area contributed by atoms with E-state index in [1.54, 1.807) is 6.07 Å². The van der Waals surface area contributed by atoms with Crippen molar-refractivity contribution in [2.24, 2.45) is 5.92 Å². The molecule has 2 rings (SSSR count). The van der Waals surface area contributed by atoms with Crippen molar-refractivity contribution >= 4 is 11.8 Å². The van der Waals surface area contributed by atoms with Crippen molar-refractivity contribution in [1.29, 1.82) is 0 Å². The molecule has 1 saturated carbocycles. The number of aliphatic carboxylic acids is 1. The molecule has 2 N–H and O–H groups in total. The van der Waals surface area contributed by atoms with Crippen LogP contribution in [0.3, 0.4) is 0 Å². The summed E-state index contributed by atoms with van der Waals surface area (Å²) in [5.74, 6) is 1.07. The first-order valence-electron chi connectivity index (χ1n) is 6.32. The van der Waals surface area contributed by atoms with Crippen molar-refractivity contribution in [3.63, 3.8) is 0 Å². The predicted molar refractivity (Wildman–Crippen MR) is 68.6 cm³/mol. The third-order valence-electron chi connectivity index (χ3n) is 3.05. The Hall–Kier alpha value is -1.65. The first kappa shape index (κ1) is 12.8. The van der Waals surface area contributed by atoms with Gasteiger partial charge in [-0.05, 0) is 25.7 Å². The molecule has 5 nitrogen and oxygen atoms in total. The van der Waals surface area contributed by atoms with Crippen LogP contribution >= 0.6 is 0 Å². The molecule has 0 aliphatic heterocycles. The predicted octanol–water partition coefficient (Wildman–Crippen LogP) is 2.18. The lowest BCUT2D eigenvalue weighted by atomic mass is 10.1. The molecule has 0 bridgehead atoms. The van der Waals surface area contributed by atoms with Crippen LogP contribution in [0.15, 0.2) is 6.07 Å². The molecule has 0 amide bonds. The first-order chi connectivity index (χ1) is 8.47. The van der Waals surface area contributed by atoms with Crippen LogP contribution in [0.1, 0.15) is 44.1 Å². The summed E-state index contributed by atoms with van der Waals surface area (Å²) in [5.41, 5.74) is 0.877. The fourth-order valence-electron chi connectivity index (χ4n) is 1.86. The first-order valence-corrected chi connectivity index (χ1v) is 6.32. The molecule has 1 aromatic rings. The molecule has 1 aromatic heterocycles. The Labute approximate surface area is 107 Å². The van der Waals surface area contributed by atoms with Gasteiger partial charge in [-0.3, -0.25) is 0 Å². The molecule has 18 heavy (non-hydrogen) atoms. The minimum atomic E-state index is -0.853. The molecule has 1 aliphatic rings. The molecule has 1 heterocycles. The number of aromatic nitrogens is 2. The van der Waals surface area contributed by atoms with Gasteiger partial charge in [0.25, 0.3) is 0 Å². The molecule has 1 fully saturated rings. The lowest BCUT2D eigenvalue weighted by molar-refractivity contribution is -0.138. The Morgan fingerprint density at radius 2 is 2.11 bits per heavy atom. The van der Waals surface area contributed by atoms with E-state index in [0.29, 0.717) is 11.7 Å². The van der Waals surface area contributed by atoms with Crippen LogP contribution in [0.5, 0.6) is 0 Å². The Morgan fingerprint density at radius 1 is 1.44 bits per heavy atom. The largest absolute Gasteiger partial charge is 0.480 e. The average Bonchev–Trinajstić information content (AvgIpc) is 3.07. The minimum Gasteiger partial charge on any atom is -0.480 e. The van der Waals surface area contributed by atoms with E-state index in [1.165, 1.54) is 0 Å². The summed E-state index contributed by atoms with van der Waals surface area (Å²) in [6, 6.07) is 1.18. The summed E-state index contributed by atoms with van der Waals surface area (Å²) in [5, 5.41) is 12.2. The molecule has 1 atom stereocenters. The van der Waals surface area contributed by atoms with Gasteiger partial charge in [0.1, 0.15) is 17.7 Å². The number of nitrogens with one attached hydrogen (secondary N) is 1. The zero-order valence-corrected chi connectivity index (χ0v) is 11.0. The van der Waals surface area contributed by atoms with Gasteiger partial charge in [-0.2, -0.15) is 0 Å². The van der Waals surface area contributed by atoms with E-state index in [4.69, 9.17) is 5.11 Å². The van der Waals surface area contributed by atoms with Gasteiger partial charge < -0.3 is 10.4 Å². The maximum atomic E-state index is 11.2. The van der Waals surface area contributed by atoms with E-state index >= 15 is 0 Å². The van der Waals surface area contributed by atoms with Crippen LogP contribution in [-0.4, -0.2) is 27.1 Å². The number of hydrogen-bond donors (Lipinski definition) is 2. The van der Waals surface area contributed by atoms with E-state index < -0.39 is 12.0 Å². The highest BCUT2D eigenvalue weighted by Gasteiger charge is 2.28. The van der Waals surface area contributed by atoms with E-state index in [2.05, 4.69) is 15.3 Å². The van der Waals surface area contributed by atoms with Crippen molar-refractivity contribution in [2.75, 3.05) is 5.32 Å². The van der Waals surface area contributed by atoms with Gasteiger partial charge in [0.15, 0.2) is 0 Å². The van der Waals surface area contributed by atoms with E-state index in [-0.39, 0.29) is 5.92 Å². The average molecular weight is 249 g/mol. The van der Waals surface area contributed by atoms with Gasteiger partial charge in [-0.25, -0.2) is 14.8 Å². The molecule has 1 aliphatic carbocycles. The number of aryl methyl sites for hydroxylation is 1. The number of carbonyl (C=O) groups is 1. The Morgan fingerprint density at radius 3 is 2.61 bits per heavy atom. The lowest BCUT2D eigenvalue weighted by Gasteiger charge is -2.19. The molecule has 0 radical (unpaired) electrons. The number of anilines is 1. The van der Waals surface area contributed by atoms with E-state index in [9.17, 15) is 4.79 Å². The number of carboxylic acid groups (broad SMARTS) is 1. The second-order valence-corrected chi connectivity index (χ2v) is 5.23. The van der Waals surface area contributed by atoms with Crippen LogP contribution in [0.25, 0.3) is 0 Å². The van der Waals surface area contributed by atoms with Gasteiger partial charge in [-0.15, -0.1) is 0 Å². The molecule has 5 heteroatoms. The van der Waals surface area contributed by atoms with E-state index in [1.807, 2.05) is 20.8 Å². The zero-order valence-electron chi connectivity index (χ0n) is 11.0. The minimum absolute atomic E-state index is 0.00199. The lowest BCUT2D eigenvalue weighted by Crippen LogP contribution is -2.34. The Kier molecular flexibility index (Phi) is 3.50. The summed E-state index contributed by atoms with van der Waals surface area (Å²) in [6.45, 7) is 5.66. The molecular formula is C13H19N3O2. The maximum Gasteiger partial charge on any atom is 0.326 e. The quantitative estimate of drug-likeness (QED) is 0.836. The van der Waals surface area contributed by atoms with Gasteiger partial charge in [0.2, 0.25) is 0 Å². The second kappa shape index (κ2) is 4.92. The molecular weight excluding hydrogens is 230 g/mol. The van der Waals surface area contributed by atoms with Crippen LogP contribution in [0, 0.1) is 12.8 Å². The van der Waals surface area contributed by atoms with Crippen molar-refractivity contribution in [3.8, 4) is 0 Å². The maximum absolute atomic E-state index is 11.2. The van der Waals surface area contributed by atoms with Crippen LogP contribution in [-0.2, 0) is 4.79 Å². The van der Waals surface area contributed by atoms with Crippen molar-refractivity contribution in [3.05, 3.63) is 17.6 Å². The fraction of sp³-hybridized carbons (Fsp3) is 0.615. The normalized spacial score (nSPS) is 16.7. The number of rotatable bonds is 5. The Balaban J connectivity index is 2.19. The molecule has 0 saturated heterocycles. The molecule has 0 unspecified atom stereocenters. The van der Waals surface area contributed by atoms with Crippen molar-refractivity contribution in [2.45, 2.75) is 45.6 Å². The second-order valence-electron chi connectivity index (χ2n) is 5.23. The number of nitrogens with zero attached hydrogens (tertiary/aromatic N) is 2.